The van der Waals surface area contributed by atoms with Crippen molar-refractivity contribution in [2.75, 3.05) is 0 Å². The highest BCUT2D eigenvalue weighted by atomic mass is 79.9. The molecule has 0 aliphatic heterocycles. The molecule has 5 nitrogen and oxygen atoms in total. The minimum Gasteiger partial charge on any atom is -0.486 e. The summed E-state index contributed by atoms with van der Waals surface area (Å²) < 4.78 is 9.57. The first-order valence-electron chi connectivity index (χ1n) is 12.5. The molecule has 0 unspecified atom stereocenters. The molecular weight excluding hydrogens is 689 g/mol. The van der Waals surface area contributed by atoms with Crippen LogP contribution in [0.5, 0.6) is 5.75 Å². The molecule has 206 valence electrons. The Hall–Kier alpha value is -3.36. The van der Waals surface area contributed by atoms with Crippen molar-refractivity contribution in [1.82, 2.24) is 9.99 Å². The zero-order valence-corrected chi connectivity index (χ0v) is 26.4. The van der Waals surface area contributed by atoms with Crippen molar-refractivity contribution in [1.29, 1.82) is 0 Å². The average molecular weight is 712 g/mol. The van der Waals surface area contributed by atoms with E-state index >= 15 is 0 Å². The van der Waals surface area contributed by atoms with E-state index in [0.717, 1.165) is 42.7 Å². The molecule has 0 radical (unpaired) electrons. The van der Waals surface area contributed by atoms with E-state index in [-0.39, 0.29) is 12.5 Å². The van der Waals surface area contributed by atoms with Gasteiger partial charge >= 0.3 is 0 Å². The van der Waals surface area contributed by atoms with E-state index in [4.69, 9.17) is 27.9 Å². The number of carbonyl (C=O) groups is 1. The first-order valence-corrected chi connectivity index (χ1v) is 14.9. The lowest BCUT2D eigenvalue weighted by Gasteiger charge is -2.13. The molecule has 1 amide bonds. The van der Waals surface area contributed by atoms with Crippen LogP contribution in [0.2, 0.25) is 10.0 Å². The predicted molar refractivity (Wildman–Crippen MR) is 174 cm³/mol. The van der Waals surface area contributed by atoms with E-state index in [1.54, 1.807) is 30.5 Å². The van der Waals surface area contributed by atoms with Gasteiger partial charge in [0, 0.05) is 32.6 Å². The van der Waals surface area contributed by atoms with E-state index in [0.29, 0.717) is 21.4 Å². The van der Waals surface area contributed by atoms with Crippen LogP contribution < -0.4 is 10.2 Å². The highest BCUT2D eigenvalue weighted by molar-refractivity contribution is 9.11. The molecule has 1 N–H and O–H groups in total. The van der Waals surface area contributed by atoms with Crippen LogP contribution in [0.3, 0.4) is 0 Å². The summed E-state index contributed by atoms with van der Waals surface area (Å²) in [6, 6.07) is 30.8. The predicted octanol–water partition coefficient (Wildman–Crippen LogP) is 9.63. The highest BCUT2D eigenvalue weighted by Gasteiger charge is 2.12. The minimum absolute atomic E-state index is 0.271. The molecular formula is C32H23Br2Cl2N3O2. The molecule has 0 atom stereocenters. The second kappa shape index (κ2) is 13.1. The number of benzene rings is 4. The molecule has 0 bridgehead atoms. The Morgan fingerprint density at radius 1 is 0.927 bits per heavy atom. The number of carbonyl (C=O) groups excluding carboxylic acids is 1. The summed E-state index contributed by atoms with van der Waals surface area (Å²) in [6.45, 7) is 2.33. The Morgan fingerprint density at radius 3 is 2.32 bits per heavy atom. The van der Waals surface area contributed by atoms with Gasteiger partial charge in [0.2, 0.25) is 0 Å². The van der Waals surface area contributed by atoms with Crippen molar-refractivity contribution >= 4 is 67.2 Å². The molecule has 0 spiro atoms. The second-order valence-corrected chi connectivity index (χ2v) is 11.7. The lowest BCUT2D eigenvalue weighted by molar-refractivity contribution is 0.0955. The van der Waals surface area contributed by atoms with Crippen molar-refractivity contribution in [3.05, 3.63) is 138 Å². The summed E-state index contributed by atoms with van der Waals surface area (Å²) in [7, 11) is 0. The molecule has 0 aliphatic carbocycles. The number of hydrogen-bond donors (Lipinski definition) is 1. The van der Waals surface area contributed by atoms with Crippen LogP contribution in [0, 0.1) is 6.92 Å². The fraction of sp³-hybridized carbons (Fsp3) is 0.0625. The number of hydrazone groups is 1. The number of rotatable bonds is 8. The molecule has 9 heteroatoms. The number of aromatic nitrogens is 1. The van der Waals surface area contributed by atoms with Crippen LogP contribution in [0.4, 0.5) is 0 Å². The van der Waals surface area contributed by atoms with Crippen molar-refractivity contribution < 1.29 is 9.53 Å². The lowest BCUT2D eigenvalue weighted by Crippen LogP contribution is -2.17. The number of nitrogens with zero attached hydrogens (tertiary/aromatic N) is 2. The Labute approximate surface area is 265 Å². The molecule has 4 aromatic carbocycles. The first kappa shape index (κ1) is 29.1. The Bertz CT molecular complexity index is 1710. The Balaban J connectivity index is 1.23. The van der Waals surface area contributed by atoms with Crippen molar-refractivity contribution in [2.24, 2.45) is 5.10 Å². The lowest BCUT2D eigenvalue weighted by atomic mass is 10.1. The molecule has 41 heavy (non-hydrogen) atoms. The van der Waals surface area contributed by atoms with Gasteiger partial charge in [-0.25, -0.2) is 5.43 Å². The maximum absolute atomic E-state index is 12.8. The fourth-order valence-electron chi connectivity index (χ4n) is 4.29. The summed E-state index contributed by atoms with van der Waals surface area (Å²) in [5.74, 6) is 0.309. The average Bonchev–Trinajstić information content (AvgIpc) is 3.35. The standard InChI is InChI=1S/C32H23Br2Cl2N3O2/c1-20-7-14-30(22-5-3-2-4-6-22)39(20)26-12-9-23(10-13-26)32(40)38-37-18-21-15-27(33)31(28(34)16-21)41-19-24-8-11-25(35)17-29(24)36/h2-18H,19H2,1H3,(H,38,40)/b37-18+. The van der Waals surface area contributed by atoms with Crippen LogP contribution in [0.1, 0.15) is 27.2 Å². The molecule has 1 heterocycles. The van der Waals surface area contributed by atoms with Gasteiger partial charge in [0.25, 0.3) is 5.91 Å². The van der Waals surface area contributed by atoms with Gasteiger partial charge in [-0.2, -0.15) is 5.10 Å². The third-order valence-corrected chi connectivity index (χ3v) is 8.09. The Kier molecular flexibility index (Phi) is 9.30. The number of halogens is 4. The Morgan fingerprint density at radius 2 is 1.63 bits per heavy atom. The van der Waals surface area contributed by atoms with Gasteiger partial charge in [-0.1, -0.05) is 59.6 Å². The molecule has 0 saturated carbocycles. The smallest absolute Gasteiger partial charge is 0.271 e. The zero-order valence-electron chi connectivity index (χ0n) is 21.7. The van der Waals surface area contributed by atoms with Crippen LogP contribution in [0.15, 0.2) is 111 Å². The SMILES string of the molecule is Cc1ccc(-c2ccccc2)n1-c1ccc(C(=O)N/N=C/c2cc(Br)c(OCc3ccc(Cl)cc3Cl)c(Br)c2)cc1. The minimum atomic E-state index is -0.307. The van der Waals surface area contributed by atoms with E-state index in [1.807, 2.05) is 48.5 Å². The number of aryl methyl sites for hydroxylation is 1. The quantitative estimate of drug-likeness (QED) is 0.129. The number of hydrogen-bond acceptors (Lipinski definition) is 3. The largest absolute Gasteiger partial charge is 0.486 e. The molecule has 5 rings (SSSR count). The van der Waals surface area contributed by atoms with Crippen LogP contribution in [-0.4, -0.2) is 16.7 Å². The maximum atomic E-state index is 12.8. The number of ether oxygens (including phenoxy) is 1. The van der Waals surface area contributed by atoms with Crippen molar-refractivity contribution in [3.63, 3.8) is 0 Å². The van der Waals surface area contributed by atoms with Gasteiger partial charge in [-0.05, 0) is 111 Å². The molecule has 0 aliphatic rings. The first-order chi connectivity index (χ1) is 19.8. The van der Waals surface area contributed by atoms with Gasteiger partial charge in [-0.3, -0.25) is 4.79 Å². The molecule has 0 saturated heterocycles. The van der Waals surface area contributed by atoms with Crippen LogP contribution in [-0.2, 0) is 6.61 Å². The van der Waals surface area contributed by atoms with E-state index in [1.165, 1.54) is 0 Å². The number of amides is 1. The second-order valence-electron chi connectivity index (χ2n) is 9.15. The van der Waals surface area contributed by atoms with Gasteiger partial charge in [0.15, 0.2) is 0 Å². The highest BCUT2D eigenvalue weighted by Crippen LogP contribution is 2.35. The van der Waals surface area contributed by atoms with E-state index < -0.39 is 0 Å². The summed E-state index contributed by atoms with van der Waals surface area (Å²) >= 11 is 19.3. The summed E-state index contributed by atoms with van der Waals surface area (Å²) in [6.07, 6.45) is 1.57. The summed E-state index contributed by atoms with van der Waals surface area (Å²) in [5.41, 5.74) is 8.97. The van der Waals surface area contributed by atoms with Crippen LogP contribution in [0.25, 0.3) is 16.9 Å². The third-order valence-electron chi connectivity index (χ3n) is 6.32. The van der Waals surface area contributed by atoms with E-state index in [2.05, 4.69) is 78.1 Å². The summed E-state index contributed by atoms with van der Waals surface area (Å²) in [5, 5.41) is 5.25. The van der Waals surface area contributed by atoms with Gasteiger partial charge in [0.05, 0.1) is 20.9 Å². The van der Waals surface area contributed by atoms with Gasteiger partial charge < -0.3 is 9.30 Å². The molecule has 5 aromatic rings. The number of nitrogens with one attached hydrogen (secondary N) is 1. The maximum Gasteiger partial charge on any atom is 0.271 e. The van der Waals surface area contributed by atoms with Gasteiger partial charge in [0.1, 0.15) is 12.4 Å². The van der Waals surface area contributed by atoms with Gasteiger partial charge in [-0.15, -0.1) is 0 Å². The third kappa shape index (κ3) is 6.93. The molecule has 1 aromatic heterocycles. The molecule has 0 fully saturated rings. The van der Waals surface area contributed by atoms with Crippen molar-refractivity contribution in [2.45, 2.75) is 13.5 Å². The zero-order chi connectivity index (χ0) is 28.9. The topological polar surface area (TPSA) is 55.6 Å². The van der Waals surface area contributed by atoms with E-state index in [9.17, 15) is 4.79 Å². The summed E-state index contributed by atoms with van der Waals surface area (Å²) in [4.78, 5) is 12.8. The van der Waals surface area contributed by atoms with Crippen LogP contribution >= 0.6 is 55.1 Å². The normalized spacial score (nSPS) is 11.1. The fourth-order valence-corrected chi connectivity index (χ4v) is 6.20. The monoisotopic (exact) mass is 709 g/mol. The van der Waals surface area contributed by atoms with Crippen molar-refractivity contribution in [3.8, 4) is 22.7 Å².